The summed E-state index contributed by atoms with van der Waals surface area (Å²) in [6.07, 6.45) is 1.74. The molecular formula is C17H28N2O8S2. The molecule has 0 aliphatic carbocycles. The van der Waals surface area contributed by atoms with Crippen molar-refractivity contribution < 1.29 is 35.1 Å². The van der Waals surface area contributed by atoms with Crippen LogP contribution < -0.4 is 10.6 Å². The van der Waals surface area contributed by atoms with Gasteiger partial charge in [0.05, 0.1) is 32.1 Å². The Morgan fingerprint density at radius 2 is 1.62 bits per heavy atom. The van der Waals surface area contributed by atoms with E-state index >= 15 is 0 Å². The number of aryl methyl sites for hydroxylation is 1. The number of hydrogen-bond donors (Lipinski definition) is 2. The number of nitrogens with two attached hydrogens (primary N) is 1. The fourth-order valence-corrected chi connectivity index (χ4v) is 3.52. The molecule has 1 rings (SSSR count). The van der Waals surface area contributed by atoms with Gasteiger partial charge in [0.2, 0.25) is 0 Å². The molecule has 0 bridgehead atoms. The van der Waals surface area contributed by atoms with E-state index in [2.05, 4.69) is 0 Å². The first-order chi connectivity index (χ1) is 13.3. The molecule has 0 aromatic heterocycles. The summed E-state index contributed by atoms with van der Waals surface area (Å²) < 4.78 is 54.4. The summed E-state index contributed by atoms with van der Waals surface area (Å²) in [5.41, 5.74) is 8.02. The Kier molecular flexibility index (Phi) is 9.49. The van der Waals surface area contributed by atoms with Crippen molar-refractivity contribution in [2.75, 3.05) is 50.3 Å². The van der Waals surface area contributed by atoms with Crippen LogP contribution in [0.3, 0.4) is 0 Å². The van der Waals surface area contributed by atoms with Gasteiger partial charge in [-0.15, -0.1) is 0 Å². The normalized spacial score (nSPS) is 13.2. The first-order valence-electron chi connectivity index (χ1n) is 8.78. The van der Waals surface area contributed by atoms with Crippen LogP contribution in [0.15, 0.2) is 18.2 Å². The van der Waals surface area contributed by atoms with Crippen LogP contribution in [0, 0.1) is 6.92 Å². The van der Waals surface area contributed by atoms with E-state index in [9.17, 15) is 21.6 Å². The maximum atomic E-state index is 11.2. The van der Waals surface area contributed by atoms with Crippen molar-refractivity contribution >= 4 is 31.9 Å². The molecule has 29 heavy (non-hydrogen) atoms. The molecule has 1 atom stereocenters. The predicted molar refractivity (Wildman–Crippen MR) is 109 cm³/mol. The van der Waals surface area contributed by atoms with Gasteiger partial charge in [0.25, 0.3) is 20.2 Å². The molecule has 12 heteroatoms. The zero-order valence-corrected chi connectivity index (χ0v) is 18.3. The second-order valence-corrected chi connectivity index (χ2v) is 9.90. The monoisotopic (exact) mass is 452 g/mol. The number of rotatable bonds is 13. The third-order valence-corrected chi connectivity index (χ3v) is 5.28. The Hall–Kier alpha value is -1.73. The van der Waals surface area contributed by atoms with Crippen molar-refractivity contribution in [3.63, 3.8) is 0 Å². The first kappa shape index (κ1) is 25.3. The number of aliphatic carboxylic acids is 1. The van der Waals surface area contributed by atoms with Crippen LogP contribution in [0.1, 0.15) is 23.5 Å². The zero-order chi connectivity index (χ0) is 22.2. The van der Waals surface area contributed by atoms with E-state index in [1.54, 1.807) is 23.1 Å². The molecule has 0 fully saturated rings. The van der Waals surface area contributed by atoms with Gasteiger partial charge in [0.1, 0.15) is 0 Å². The number of carbonyl (C=O) groups is 1. The van der Waals surface area contributed by atoms with Crippen LogP contribution in [0.4, 0.5) is 5.69 Å². The predicted octanol–water partition coefficient (Wildman–Crippen LogP) is 0.271. The van der Waals surface area contributed by atoms with Crippen molar-refractivity contribution in [3.05, 3.63) is 29.3 Å². The van der Waals surface area contributed by atoms with Gasteiger partial charge >= 0.3 is 5.97 Å². The summed E-state index contributed by atoms with van der Waals surface area (Å²) in [4.78, 5) is 12.8. The largest absolute Gasteiger partial charge is 0.481 e. The van der Waals surface area contributed by atoms with E-state index < -0.39 is 32.1 Å². The summed E-state index contributed by atoms with van der Waals surface area (Å²) >= 11 is 0. The van der Waals surface area contributed by atoms with E-state index in [0.717, 1.165) is 23.6 Å². The number of benzene rings is 1. The second-order valence-electron chi connectivity index (χ2n) is 6.61. The number of carboxylic acids is 1. The number of anilines is 1. The Morgan fingerprint density at radius 1 is 1.10 bits per heavy atom. The molecule has 0 radical (unpaired) electrons. The van der Waals surface area contributed by atoms with E-state index in [1.165, 1.54) is 0 Å². The van der Waals surface area contributed by atoms with Crippen molar-refractivity contribution in [2.45, 2.75) is 19.3 Å². The van der Waals surface area contributed by atoms with Gasteiger partial charge in [0.15, 0.2) is 0 Å². The third kappa shape index (κ3) is 10.0. The summed E-state index contributed by atoms with van der Waals surface area (Å²) in [7, 11) is -7.25. The molecule has 0 spiro atoms. The van der Waals surface area contributed by atoms with E-state index in [4.69, 9.17) is 19.2 Å². The van der Waals surface area contributed by atoms with Crippen LogP contribution in [-0.4, -0.2) is 73.3 Å². The van der Waals surface area contributed by atoms with Crippen molar-refractivity contribution in [1.82, 2.24) is 0 Å². The molecule has 0 aliphatic heterocycles. The molecule has 0 saturated heterocycles. The van der Waals surface area contributed by atoms with Crippen LogP contribution >= 0.6 is 0 Å². The summed E-state index contributed by atoms with van der Waals surface area (Å²) in [5, 5.41) is 9.12. The second kappa shape index (κ2) is 10.9. The van der Waals surface area contributed by atoms with E-state index in [1.807, 2.05) is 6.92 Å². The minimum Gasteiger partial charge on any atom is -0.481 e. The van der Waals surface area contributed by atoms with Gasteiger partial charge in [-0.2, -0.15) is 16.8 Å². The fourth-order valence-electron chi connectivity index (χ4n) is 2.76. The summed E-state index contributed by atoms with van der Waals surface area (Å²) in [6.45, 7) is 2.00. The fraction of sp³-hybridized carbons (Fsp3) is 0.588. The minimum atomic E-state index is -3.63. The lowest BCUT2D eigenvalue weighted by Crippen LogP contribution is -2.32. The van der Waals surface area contributed by atoms with Crippen molar-refractivity contribution in [2.24, 2.45) is 5.73 Å². The standard InChI is InChI=1S/C17H28N2O8S2/c1-13-4-5-15(11-16(13)14(12-18)10-17(20)21)19(6-8-26-28(2,22)23)7-9-27-29(3,24)25/h4-5,11,14H,6-10,12,18H2,1-3H3,(H,20,21). The highest BCUT2D eigenvalue weighted by atomic mass is 32.2. The molecule has 0 heterocycles. The van der Waals surface area contributed by atoms with Gasteiger partial charge in [-0.25, -0.2) is 0 Å². The first-order valence-corrected chi connectivity index (χ1v) is 12.4. The average Bonchev–Trinajstić information content (AvgIpc) is 2.57. The highest BCUT2D eigenvalue weighted by molar-refractivity contribution is 7.86. The number of nitrogens with zero attached hydrogens (tertiary/aromatic N) is 1. The SMILES string of the molecule is Cc1ccc(N(CCOS(C)(=O)=O)CCOS(C)(=O)=O)cc1C(CN)CC(=O)O. The maximum absolute atomic E-state index is 11.2. The Balaban J connectivity index is 3.10. The lowest BCUT2D eigenvalue weighted by molar-refractivity contribution is -0.137. The molecule has 1 aromatic carbocycles. The molecular weight excluding hydrogens is 424 g/mol. The number of hydrogen-bond acceptors (Lipinski definition) is 9. The van der Waals surface area contributed by atoms with Gasteiger partial charge < -0.3 is 15.7 Å². The Labute approximate surface area is 171 Å². The molecule has 0 amide bonds. The highest BCUT2D eigenvalue weighted by Gasteiger charge is 2.18. The zero-order valence-electron chi connectivity index (χ0n) is 16.7. The number of carboxylic acid groups (broad SMARTS) is 1. The van der Waals surface area contributed by atoms with Crippen LogP contribution in [0.5, 0.6) is 0 Å². The summed E-state index contributed by atoms with van der Waals surface area (Å²) in [5.74, 6) is -1.36. The van der Waals surface area contributed by atoms with Crippen LogP contribution in [0.2, 0.25) is 0 Å². The van der Waals surface area contributed by atoms with Crippen LogP contribution in [0.25, 0.3) is 0 Å². The molecule has 10 nitrogen and oxygen atoms in total. The van der Waals surface area contributed by atoms with E-state index in [-0.39, 0.29) is 39.3 Å². The molecule has 3 N–H and O–H groups in total. The van der Waals surface area contributed by atoms with Gasteiger partial charge in [-0.05, 0) is 36.7 Å². The Bertz CT molecular complexity index is 862. The summed E-state index contributed by atoms with van der Waals surface area (Å²) in [6, 6.07) is 5.35. The molecule has 0 saturated carbocycles. The molecule has 0 aliphatic rings. The smallest absolute Gasteiger partial charge is 0.304 e. The lowest BCUT2D eigenvalue weighted by Gasteiger charge is -2.26. The lowest BCUT2D eigenvalue weighted by atomic mass is 9.91. The quantitative estimate of drug-likeness (QED) is 0.399. The van der Waals surface area contributed by atoms with Gasteiger partial charge in [0, 0.05) is 24.7 Å². The maximum Gasteiger partial charge on any atom is 0.304 e. The van der Waals surface area contributed by atoms with Gasteiger partial charge in [-0.3, -0.25) is 13.2 Å². The Morgan fingerprint density at radius 3 is 2.03 bits per heavy atom. The van der Waals surface area contributed by atoms with E-state index in [0.29, 0.717) is 5.69 Å². The molecule has 1 unspecified atom stereocenters. The van der Waals surface area contributed by atoms with Crippen molar-refractivity contribution in [3.8, 4) is 0 Å². The topological polar surface area (TPSA) is 153 Å². The van der Waals surface area contributed by atoms with Crippen molar-refractivity contribution in [1.29, 1.82) is 0 Å². The molecule has 166 valence electrons. The molecule has 1 aromatic rings. The minimum absolute atomic E-state index is 0.130. The van der Waals surface area contributed by atoms with Gasteiger partial charge in [-0.1, -0.05) is 6.07 Å². The highest BCUT2D eigenvalue weighted by Crippen LogP contribution is 2.27. The third-order valence-electron chi connectivity index (χ3n) is 4.09. The van der Waals surface area contributed by atoms with Crippen LogP contribution in [-0.2, 0) is 33.4 Å². The average molecular weight is 453 g/mol.